The van der Waals surface area contributed by atoms with Crippen LogP contribution in [-0.4, -0.2) is 31.0 Å². The number of nitrogen functional groups attached to an aromatic ring is 1. The summed E-state index contributed by atoms with van der Waals surface area (Å²) in [6, 6.07) is 7.70. The second-order valence-electron chi connectivity index (χ2n) is 5.21. The number of rotatable bonds is 3. The molecule has 0 spiro atoms. The molecule has 8 heteroatoms. The first-order valence-corrected chi connectivity index (χ1v) is 7.00. The Kier molecular flexibility index (Phi) is 2.83. The van der Waals surface area contributed by atoms with Crippen molar-refractivity contribution in [2.45, 2.75) is 6.54 Å². The van der Waals surface area contributed by atoms with E-state index in [0.29, 0.717) is 29.3 Å². The van der Waals surface area contributed by atoms with Gasteiger partial charge in [0.2, 0.25) is 5.78 Å². The van der Waals surface area contributed by atoms with Crippen molar-refractivity contribution in [2.75, 3.05) is 12.8 Å². The molecule has 3 heterocycles. The highest BCUT2D eigenvalue weighted by Gasteiger charge is 2.13. The van der Waals surface area contributed by atoms with Crippen LogP contribution in [0.4, 0.5) is 5.82 Å². The summed E-state index contributed by atoms with van der Waals surface area (Å²) >= 11 is 0. The molecule has 4 rings (SSSR count). The average molecular weight is 310 g/mol. The van der Waals surface area contributed by atoms with Crippen molar-refractivity contribution in [3.05, 3.63) is 52.7 Å². The maximum atomic E-state index is 12.4. The molecule has 0 saturated heterocycles. The van der Waals surface area contributed by atoms with E-state index in [4.69, 9.17) is 10.5 Å². The molecule has 4 aromatic rings. The van der Waals surface area contributed by atoms with E-state index >= 15 is 0 Å². The molecular formula is C15H14N6O2. The second kappa shape index (κ2) is 4.87. The number of nitrogens with one attached hydrogen (secondary N) is 1. The molecular weight excluding hydrogens is 296 g/mol. The monoisotopic (exact) mass is 310 g/mol. The van der Waals surface area contributed by atoms with E-state index < -0.39 is 0 Å². The zero-order valence-electron chi connectivity index (χ0n) is 12.4. The van der Waals surface area contributed by atoms with Crippen molar-refractivity contribution in [1.82, 2.24) is 23.9 Å². The van der Waals surface area contributed by atoms with Gasteiger partial charge < -0.3 is 20.0 Å². The number of hydrogen-bond donors (Lipinski definition) is 2. The van der Waals surface area contributed by atoms with Crippen molar-refractivity contribution in [1.29, 1.82) is 0 Å². The summed E-state index contributed by atoms with van der Waals surface area (Å²) in [6.07, 6.45) is 3.12. The van der Waals surface area contributed by atoms with E-state index in [2.05, 4.69) is 15.0 Å². The summed E-state index contributed by atoms with van der Waals surface area (Å²) in [6.45, 7) is 0.555. The highest BCUT2D eigenvalue weighted by molar-refractivity contribution is 5.72. The van der Waals surface area contributed by atoms with E-state index in [0.717, 1.165) is 11.3 Å². The van der Waals surface area contributed by atoms with E-state index in [1.54, 1.807) is 13.4 Å². The smallest absolute Gasteiger partial charge is 0.287 e. The summed E-state index contributed by atoms with van der Waals surface area (Å²) in [5.74, 6) is 1.57. The number of nitrogens with two attached hydrogens (primary N) is 1. The highest BCUT2D eigenvalue weighted by Crippen LogP contribution is 2.15. The van der Waals surface area contributed by atoms with Gasteiger partial charge in [-0.25, -0.2) is 9.38 Å². The maximum absolute atomic E-state index is 12.4. The number of methoxy groups -OCH3 is 1. The third-order valence-electron chi connectivity index (χ3n) is 3.71. The Bertz CT molecular complexity index is 1060. The molecule has 0 amide bonds. The Morgan fingerprint density at radius 1 is 1.30 bits per heavy atom. The Morgan fingerprint density at radius 2 is 2.09 bits per heavy atom. The fourth-order valence-corrected chi connectivity index (χ4v) is 2.56. The Balaban J connectivity index is 1.82. The summed E-state index contributed by atoms with van der Waals surface area (Å²) < 4.78 is 8.34. The number of nitrogens with zero attached hydrogens (tertiary/aromatic N) is 4. The van der Waals surface area contributed by atoms with Gasteiger partial charge in [0.15, 0.2) is 11.2 Å². The zero-order valence-corrected chi connectivity index (χ0v) is 12.4. The minimum Gasteiger partial charge on any atom is -0.497 e. The van der Waals surface area contributed by atoms with Crippen LogP contribution in [0.3, 0.4) is 0 Å². The first kappa shape index (κ1) is 13.4. The van der Waals surface area contributed by atoms with Crippen molar-refractivity contribution in [2.24, 2.45) is 0 Å². The predicted molar refractivity (Wildman–Crippen MR) is 85.6 cm³/mol. The van der Waals surface area contributed by atoms with E-state index in [1.165, 1.54) is 10.6 Å². The first-order valence-electron chi connectivity index (χ1n) is 7.00. The molecule has 0 aliphatic carbocycles. The molecule has 0 bridgehead atoms. The number of aromatic amines is 1. The third kappa shape index (κ3) is 2.11. The van der Waals surface area contributed by atoms with Crippen molar-refractivity contribution in [3.8, 4) is 5.75 Å². The van der Waals surface area contributed by atoms with Gasteiger partial charge in [-0.2, -0.15) is 4.98 Å². The van der Waals surface area contributed by atoms with Crippen LogP contribution in [-0.2, 0) is 6.54 Å². The van der Waals surface area contributed by atoms with Crippen molar-refractivity contribution in [3.63, 3.8) is 0 Å². The molecule has 0 aliphatic rings. The summed E-state index contributed by atoms with van der Waals surface area (Å²) in [4.78, 5) is 23.9. The molecule has 3 aromatic heterocycles. The van der Waals surface area contributed by atoms with E-state index in [-0.39, 0.29) is 5.56 Å². The number of fused-ring (bicyclic) bond motifs is 2. The lowest BCUT2D eigenvalue weighted by atomic mass is 10.2. The maximum Gasteiger partial charge on any atom is 0.287 e. The number of hydrogen-bond acceptors (Lipinski definition) is 5. The molecule has 23 heavy (non-hydrogen) atoms. The molecule has 0 radical (unpaired) electrons. The van der Waals surface area contributed by atoms with Crippen LogP contribution in [0.1, 0.15) is 5.56 Å². The standard InChI is InChI=1S/C15H14N6O2/c1-23-10-4-2-9(3-5-10)6-20-8-17-12-13(20)19-15-18-11(16)7-21(15)14(12)22/h2-5,7-8H,6,16H2,1H3,(H,18,19). The number of imidazole rings is 2. The van der Waals surface area contributed by atoms with Crippen LogP contribution in [0.25, 0.3) is 16.9 Å². The molecule has 1 aromatic carbocycles. The quantitative estimate of drug-likeness (QED) is 0.588. The zero-order chi connectivity index (χ0) is 16.0. The van der Waals surface area contributed by atoms with Gasteiger partial charge in [-0.15, -0.1) is 0 Å². The Morgan fingerprint density at radius 3 is 2.83 bits per heavy atom. The number of H-pyrrole nitrogens is 1. The Hall–Kier alpha value is -3.29. The highest BCUT2D eigenvalue weighted by atomic mass is 16.5. The van der Waals surface area contributed by atoms with E-state index in [1.807, 2.05) is 28.8 Å². The molecule has 0 atom stereocenters. The first-order chi connectivity index (χ1) is 11.2. The SMILES string of the molecule is COc1ccc(Cn2cnc3c(=O)n4cc(N)[nH]c4nc32)cc1. The fraction of sp³-hybridized carbons (Fsp3) is 0.133. The van der Waals surface area contributed by atoms with Gasteiger partial charge >= 0.3 is 0 Å². The lowest BCUT2D eigenvalue weighted by Gasteiger charge is -2.05. The van der Waals surface area contributed by atoms with Crippen LogP contribution in [0, 0.1) is 0 Å². The number of ether oxygens (including phenoxy) is 1. The van der Waals surface area contributed by atoms with Gasteiger partial charge in [0.05, 0.1) is 26.2 Å². The summed E-state index contributed by atoms with van der Waals surface area (Å²) in [7, 11) is 1.63. The minimum absolute atomic E-state index is 0.244. The second-order valence-corrected chi connectivity index (χ2v) is 5.21. The lowest BCUT2D eigenvalue weighted by Crippen LogP contribution is -2.14. The van der Waals surface area contributed by atoms with Crippen LogP contribution in [0.2, 0.25) is 0 Å². The van der Waals surface area contributed by atoms with E-state index in [9.17, 15) is 4.79 Å². The fourth-order valence-electron chi connectivity index (χ4n) is 2.56. The molecule has 0 saturated carbocycles. The van der Waals surface area contributed by atoms with Gasteiger partial charge in [-0.05, 0) is 17.7 Å². The van der Waals surface area contributed by atoms with Crippen molar-refractivity contribution >= 4 is 22.8 Å². The number of benzene rings is 1. The van der Waals surface area contributed by atoms with Crippen LogP contribution in [0.15, 0.2) is 41.6 Å². The van der Waals surface area contributed by atoms with Gasteiger partial charge in [-0.1, -0.05) is 12.1 Å². The van der Waals surface area contributed by atoms with Crippen molar-refractivity contribution < 1.29 is 4.74 Å². The molecule has 0 unspecified atom stereocenters. The molecule has 3 N–H and O–H groups in total. The molecule has 8 nitrogen and oxygen atoms in total. The molecule has 0 fully saturated rings. The third-order valence-corrected chi connectivity index (χ3v) is 3.71. The van der Waals surface area contributed by atoms with Crippen LogP contribution in [0.5, 0.6) is 5.75 Å². The molecule has 0 aliphatic heterocycles. The topological polar surface area (TPSA) is 103 Å². The van der Waals surface area contributed by atoms with Gasteiger partial charge in [0.1, 0.15) is 11.6 Å². The largest absolute Gasteiger partial charge is 0.497 e. The van der Waals surface area contributed by atoms with Gasteiger partial charge in [0.25, 0.3) is 5.56 Å². The van der Waals surface area contributed by atoms with Gasteiger partial charge in [0, 0.05) is 0 Å². The Labute approximate surface area is 130 Å². The average Bonchev–Trinajstić information content (AvgIpc) is 3.12. The molecule has 116 valence electrons. The summed E-state index contributed by atoms with van der Waals surface area (Å²) in [5.41, 5.74) is 7.33. The van der Waals surface area contributed by atoms with Crippen LogP contribution >= 0.6 is 0 Å². The van der Waals surface area contributed by atoms with Gasteiger partial charge in [-0.3, -0.25) is 4.79 Å². The number of aromatic nitrogens is 5. The summed E-state index contributed by atoms with van der Waals surface area (Å²) in [5, 5.41) is 0. The van der Waals surface area contributed by atoms with Crippen LogP contribution < -0.4 is 16.0 Å². The number of anilines is 1. The minimum atomic E-state index is -0.244. The normalized spacial score (nSPS) is 11.3. The predicted octanol–water partition coefficient (Wildman–Crippen LogP) is 1.01. The lowest BCUT2D eigenvalue weighted by molar-refractivity contribution is 0.414.